The standard InChI is InChI=1S/C43H27N3/c1-3-15-29(16-4-1)41-44-42(30-17-5-2-6-18-30)46-43(45-41)39-27-31(33-25-13-19-28-14-7-8-20-32(28)33)26-38-36-23-10-9-21-34(36)35-22-11-12-24-37(35)40(38)39/h1-27H. The SMILES string of the molecule is c1ccc(-c2nc(-c3ccccc3)nc(-c3cc(-c4cccc5ccccc45)cc4c5ccccc5c5ccccc5c34)n2)cc1. The molecule has 0 aliphatic heterocycles. The second-order valence-corrected chi connectivity index (χ2v) is 11.6. The monoisotopic (exact) mass is 585 g/mol. The summed E-state index contributed by atoms with van der Waals surface area (Å²) in [5.74, 6) is 1.96. The van der Waals surface area contributed by atoms with E-state index in [1.807, 2.05) is 36.4 Å². The van der Waals surface area contributed by atoms with E-state index in [4.69, 9.17) is 15.0 Å². The van der Waals surface area contributed by atoms with E-state index in [-0.39, 0.29) is 0 Å². The summed E-state index contributed by atoms with van der Waals surface area (Å²) in [5.41, 5.74) is 5.20. The second-order valence-electron chi connectivity index (χ2n) is 11.6. The Hall–Kier alpha value is -6.19. The number of hydrogen-bond acceptors (Lipinski definition) is 3. The van der Waals surface area contributed by atoms with E-state index in [9.17, 15) is 0 Å². The van der Waals surface area contributed by atoms with Crippen molar-refractivity contribution in [3.63, 3.8) is 0 Å². The summed E-state index contributed by atoms with van der Waals surface area (Å²) in [6.07, 6.45) is 0. The van der Waals surface area contributed by atoms with Crippen molar-refractivity contribution in [2.24, 2.45) is 0 Å². The van der Waals surface area contributed by atoms with E-state index >= 15 is 0 Å². The number of benzene rings is 8. The first-order chi connectivity index (χ1) is 22.8. The molecule has 0 spiro atoms. The highest BCUT2D eigenvalue weighted by Gasteiger charge is 2.20. The second kappa shape index (κ2) is 10.8. The topological polar surface area (TPSA) is 38.7 Å². The zero-order valence-corrected chi connectivity index (χ0v) is 24.9. The summed E-state index contributed by atoms with van der Waals surface area (Å²) >= 11 is 0. The molecule has 0 aliphatic rings. The number of hydrogen-bond donors (Lipinski definition) is 0. The molecule has 0 atom stereocenters. The molecule has 9 rings (SSSR count). The first-order valence-corrected chi connectivity index (χ1v) is 15.5. The van der Waals surface area contributed by atoms with Crippen molar-refractivity contribution >= 4 is 43.1 Å². The molecule has 9 aromatic rings. The summed E-state index contributed by atoms with van der Waals surface area (Å²) in [6.45, 7) is 0. The minimum atomic E-state index is 0.651. The third-order valence-corrected chi connectivity index (χ3v) is 8.88. The molecule has 0 saturated heterocycles. The maximum absolute atomic E-state index is 5.21. The van der Waals surface area contributed by atoms with Gasteiger partial charge in [-0.1, -0.05) is 152 Å². The van der Waals surface area contributed by atoms with Crippen LogP contribution < -0.4 is 0 Å². The van der Waals surface area contributed by atoms with Crippen molar-refractivity contribution in [1.82, 2.24) is 15.0 Å². The first kappa shape index (κ1) is 26.2. The van der Waals surface area contributed by atoms with Gasteiger partial charge in [-0.25, -0.2) is 15.0 Å². The van der Waals surface area contributed by atoms with Gasteiger partial charge in [0.05, 0.1) is 0 Å². The van der Waals surface area contributed by atoms with Crippen molar-refractivity contribution in [1.29, 1.82) is 0 Å². The van der Waals surface area contributed by atoms with Crippen LogP contribution in [0, 0.1) is 0 Å². The summed E-state index contributed by atoms with van der Waals surface area (Å²) in [7, 11) is 0. The van der Waals surface area contributed by atoms with E-state index in [0.717, 1.165) is 27.6 Å². The zero-order chi connectivity index (χ0) is 30.5. The third-order valence-electron chi connectivity index (χ3n) is 8.88. The first-order valence-electron chi connectivity index (χ1n) is 15.5. The molecule has 0 saturated carbocycles. The Labute approximate surface area is 266 Å². The predicted octanol–water partition coefficient (Wildman–Crippen LogP) is 11.2. The van der Waals surface area contributed by atoms with E-state index < -0.39 is 0 Å². The molecule has 0 amide bonds. The molecule has 0 unspecified atom stereocenters. The van der Waals surface area contributed by atoms with E-state index in [2.05, 4.69) is 127 Å². The van der Waals surface area contributed by atoms with Gasteiger partial charge in [0.1, 0.15) is 0 Å². The third kappa shape index (κ3) is 4.33. The van der Waals surface area contributed by atoms with Gasteiger partial charge in [0.25, 0.3) is 0 Å². The van der Waals surface area contributed by atoms with Crippen molar-refractivity contribution in [2.75, 3.05) is 0 Å². The molecule has 3 nitrogen and oxygen atoms in total. The highest BCUT2D eigenvalue weighted by molar-refractivity contribution is 6.29. The molecule has 1 heterocycles. The fourth-order valence-electron chi connectivity index (χ4n) is 6.77. The van der Waals surface area contributed by atoms with E-state index in [0.29, 0.717) is 17.5 Å². The molecule has 8 aromatic carbocycles. The summed E-state index contributed by atoms with van der Waals surface area (Å²) in [6, 6.07) is 57.5. The van der Waals surface area contributed by atoms with Crippen LogP contribution in [0.5, 0.6) is 0 Å². The van der Waals surface area contributed by atoms with Gasteiger partial charge in [-0.05, 0) is 61.0 Å². The molecule has 0 fully saturated rings. The smallest absolute Gasteiger partial charge is 0.164 e. The zero-order valence-electron chi connectivity index (χ0n) is 24.9. The van der Waals surface area contributed by atoms with Gasteiger partial charge >= 0.3 is 0 Å². The normalized spacial score (nSPS) is 11.5. The minimum absolute atomic E-state index is 0.651. The summed E-state index contributed by atoms with van der Waals surface area (Å²) in [5, 5.41) is 9.58. The maximum Gasteiger partial charge on any atom is 0.164 e. The van der Waals surface area contributed by atoms with E-state index in [1.54, 1.807) is 0 Å². The Morgan fingerprint density at radius 1 is 0.283 bits per heavy atom. The average molecular weight is 586 g/mol. The molecule has 1 aromatic heterocycles. The number of rotatable bonds is 4. The fourth-order valence-corrected chi connectivity index (χ4v) is 6.77. The van der Waals surface area contributed by atoms with Crippen LogP contribution in [0.25, 0.3) is 88.4 Å². The molecular formula is C43H27N3. The highest BCUT2D eigenvalue weighted by atomic mass is 15.0. The lowest BCUT2D eigenvalue weighted by molar-refractivity contribution is 1.08. The van der Waals surface area contributed by atoms with E-state index in [1.165, 1.54) is 43.3 Å². The van der Waals surface area contributed by atoms with Crippen molar-refractivity contribution in [3.05, 3.63) is 164 Å². The van der Waals surface area contributed by atoms with Gasteiger partial charge in [-0.3, -0.25) is 0 Å². The van der Waals surface area contributed by atoms with Gasteiger partial charge in [-0.15, -0.1) is 0 Å². The number of fused-ring (bicyclic) bond motifs is 7. The summed E-state index contributed by atoms with van der Waals surface area (Å²) < 4.78 is 0. The largest absolute Gasteiger partial charge is 0.208 e. The van der Waals surface area contributed by atoms with Crippen LogP contribution in [-0.4, -0.2) is 15.0 Å². The Morgan fingerprint density at radius 3 is 1.41 bits per heavy atom. The Bertz CT molecular complexity index is 2510. The van der Waals surface area contributed by atoms with Crippen molar-refractivity contribution < 1.29 is 0 Å². The van der Waals surface area contributed by atoms with Crippen LogP contribution in [0.2, 0.25) is 0 Å². The Kier molecular flexibility index (Phi) is 6.14. The lowest BCUT2D eigenvalue weighted by Crippen LogP contribution is -2.01. The number of nitrogens with zero attached hydrogens (tertiary/aromatic N) is 3. The van der Waals surface area contributed by atoms with Crippen LogP contribution in [0.15, 0.2) is 164 Å². The molecule has 0 aliphatic carbocycles. The lowest BCUT2D eigenvalue weighted by atomic mass is 9.88. The van der Waals surface area contributed by atoms with Crippen molar-refractivity contribution in [3.8, 4) is 45.3 Å². The van der Waals surface area contributed by atoms with Gasteiger partial charge in [0, 0.05) is 22.1 Å². The number of aromatic nitrogens is 3. The lowest BCUT2D eigenvalue weighted by Gasteiger charge is -2.17. The van der Waals surface area contributed by atoms with Crippen LogP contribution in [0.1, 0.15) is 0 Å². The highest BCUT2D eigenvalue weighted by Crippen LogP contribution is 2.43. The molecule has 3 heteroatoms. The summed E-state index contributed by atoms with van der Waals surface area (Å²) in [4.78, 5) is 15.4. The predicted molar refractivity (Wildman–Crippen MR) is 192 cm³/mol. The van der Waals surface area contributed by atoms with Crippen LogP contribution >= 0.6 is 0 Å². The molecular weight excluding hydrogens is 558 g/mol. The molecule has 46 heavy (non-hydrogen) atoms. The molecule has 0 bridgehead atoms. The van der Waals surface area contributed by atoms with Crippen LogP contribution in [-0.2, 0) is 0 Å². The Morgan fingerprint density at radius 2 is 0.761 bits per heavy atom. The quantitative estimate of drug-likeness (QED) is 0.193. The van der Waals surface area contributed by atoms with Crippen molar-refractivity contribution in [2.45, 2.75) is 0 Å². The van der Waals surface area contributed by atoms with Gasteiger partial charge < -0.3 is 0 Å². The Balaban J connectivity index is 1.45. The van der Waals surface area contributed by atoms with Gasteiger partial charge in [0.2, 0.25) is 0 Å². The maximum atomic E-state index is 5.21. The molecule has 0 N–H and O–H groups in total. The van der Waals surface area contributed by atoms with Crippen LogP contribution in [0.4, 0.5) is 0 Å². The van der Waals surface area contributed by atoms with Crippen LogP contribution in [0.3, 0.4) is 0 Å². The molecule has 214 valence electrons. The van der Waals surface area contributed by atoms with Gasteiger partial charge in [-0.2, -0.15) is 0 Å². The molecule has 0 radical (unpaired) electrons. The average Bonchev–Trinajstić information content (AvgIpc) is 3.15. The fraction of sp³-hybridized carbons (Fsp3) is 0. The van der Waals surface area contributed by atoms with Gasteiger partial charge in [0.15, 0.2) is 17.5 Å². The minimum Gasteiger partial charge on any atom is -0.208 e.